The van der Waals surface area contributed by atoms with Crippen molar-refractivity contribution in [3.63, 3.8) is 0 Å². The van der Waals surface area contributed by atoms with Crippen molar-refractivity contribution in [1.29, 1.82) is 0 Å². The Morgan fingerprint density at radius 2 is 1.88 bits per heavy atom. The van der Waals surface area contributed by atoms with Crippen LogP contribution in [0.2, 0.25) is 0 Å². The summed E-state index contributed by atoms with van der Waals surface area (Å²) >= 11 is 1.64. The van der Waals surface area contributed by atoms with Crippen LogP contribution >= 0.6 is 11.3 Å². The van der Waals surface area contributed by atoms with Gasteiger partial charge in [0.05, 0.1) is 22.3 Å². The first-order chi connectivity index (χ1) is 11.5. The van der Waals surface area contributed by atoms with Gasteiger partial charge in [0.2, 0.25) is 5.91 Å². The van der Waals surface area contributed by atoms with Gasteiger partial charge in [0, 0.05) is 11.4 Å². The second-order valence-corrected chi connectivity index (χ2v) is 6.73. The summed E-state index contributed by atoms with van der Waals surface area (Å²) in [5.41, 5.74) is 2.63. The number of fused-ring (bicyclic) bond motifs is 1. The Morgan fingerprint density at radius 3 is 2.58 bits per heavy atom. The largest absolute Gasteiger partial charge is 0.497 e. The molecule has 6 heteroatoms. The molecule has 24 heavy (non-hydrogen) atoms. The molecular formula is C18H19N3O2S. The number of methoxy groups -OCH3 is 1. The number of nitrogens with zero attached hydrogens (tertiary/aromatic N) is 1. The molecule has 0 saturated carbocycles. The van der Waals surface area contributed by atoms with Gasteiger partial charge in [-0.05, 0) is 56.3 Å². The molecule has 3 aromatic rings. The number of anilines is 2. The number of amides is 1. The predicted octanol–water partition coefficient (Wildman–Crippen LogP) is 4.05. The van der Waals surface area contributed by atoms with Gasteiger partial charge in [0.1, 0.15) is 11.8 Å². The minimum absolute atomic E-state index is 0.0965. The van der Waals surface area contributed by atoms with Gasteiger partial charge in [-0.15, -0.1) is 11.3 Å². The molecule has 1 heterocycles. The molecule has 124 valence electrons. The molecule has 0 saturated heterocycles. The fraction of sp³-hybridized carbons (Fsp3) is 0.222. The summed E-state index contributed by atoms with van der Waals surface area (Å²) in [5.74, 6) is 0.660. The molecule has 0 aliphatic heterocycles. The Hall–Kier alpha value is -2.60. The highest BCUT2D eigenvalue weighted by Gasteiger charge is 2.13. The molecular weight excluding hydrogens is 322 g/mol. The quantitative estimate of drug-likeness (QED) is 0.735. The molecule has 0 aliphatic rings. The number of carbonyl (C=O) groups excluding carboxylic acids is 1. The monoisotopic (exact) mass is 341 g/mol. The van der Waals surface area contributed by atoms with Crippen molar-refractivity contribution >= 4 is 38.8 Å². The van der Waals surface area contributed by atoms with Gasteiger partial charge in [-0.3, -0.25) is 4.79 Å². The zero-order chi connectivity index (χ0) is 17.1. The van der Waals surface area contributed by atoms with Crippen molar-refractivity contribution in [2.45, 2.75) is 19.9 Å². The van der Waals surface area contributed by atoms with E-state index in [0.29, 0.717) is 0 Å². The van der Waals surface area contributed by atoms with Crippen LogP contribution < -0.4 is 15.4 Å². The fourth-order valence-electron chi connectivity index (χ4n) is 2.37. The first kappa shape index (κ1) is 16.3. The molecule has 2 N–H and O–H groups in total. The maximum atomic E-state index is 12.3. The van der Waals surface area contributed by atoms with E-state index in [0.717, 1.165) is 32.3 Å². The van der Waals surface area contributed by atoms with Crippen molar-refractivity contribution in [3.8, 4) is 5.75 Å². The van der Waals surface area contributed by atoms with Crippen LogP contribution in [-0.2, 0) is 4.79 Å². The second-order valence-electron chi connectivity index (χ2n) is 5.50. The highest BCUT2D eigenvalue weighted by molar-refractivity contribution is 7.18. The van der Waals surface area contributed by atoms with Crippen molar-refractivity contribution in [3.05, 3.63) is 47.5 Å². The van der Waals surface area contributed by atoms with Crippen LogP contribution in [0.1, 0.15) is 11.9 Å². The Bertz CT molecular complexity index is 858. The van der Waals surface area contributed by atoms with Crippen molar-refractivity contribution < 1.29 is 9.53 Å². The molecule has 2 aromatic carbocycles. The van der Waals surface area contributed by atoms with Crippen molar-refractivity contribution in [1.82, 2.24) is 4.98 Å². The third-order valence-corrected chi connectivity index (χ3v) is 4.56. The van der Waals surface area contributed by atoms with Gasteiger partial charge in [-0.2, -0.15) is 0 Å². The van der Waals surface area contributed by atoms with Crippen LogP contribution in [0.3, 0.4) is 0 Å². The zero-order valence-corrected chi connectivity index (χ0v) is 14.6. The van der Waals surface area contributed by atoms with E-state index in [4.69, 9.17) is 4.74 Å². The summed E-state index contributed by atoms with van der Waals surface area (Å²) in [6.45, 7) is 3.82. The second kappa shape index (κ2) is 6.88. The van der Waals surface area contributed by atoms with E-state index in [1.54, 1.807) is 18.4 Å². The standard InChI is InChI=1S/C18H19N3O2S/c1-11(18(22)21-13-4-7-15(23-3)8-5-13)19-14-6-9-16-17(10-14)24-12(2)20-16/h4-11,19H,1-3H3,(H,21,22)/t11-/m1/s1. The fourth-order valence-corrected chi connectivity index (χ4v) is 3.24. The van der Waals surface area contributed by atoms with E-state index in [1.807, 2.05) is 56.3 Å². The average Bonchev–Trinajstić information content (AvgIpc) is 2.94. The highest BCUT2D eigenvalue weighted by Crippen LogP contribution is 2.25. The van der Waals surface area contributed by atoms with Gasteiger partial charge < -0.3 is 15.4 Å². The molecule has 0 spiro atoms. The van der Waals surface area contributed by atoms with Crippen LogP contribution in [0.4, 0.5) is 11.4 Å². The van der Waals surface area contributed by atoms with Gasteiger partial charge in [-0.25, -0.2) is 4.98 Å². The number of aryl methyl sites for hydroxylation is 1. The number of nitrogens with one attached hydrogen (secondary N) is 2. The van der Waals surface area contributed by atoms with E-state index < -0.39 is 0 Å². The molecule has 1 amide bonds. The predicted molar refractivity (Wildman–Crippen MR) is 99.1 cm³/mol. The summed E-state index contributed by atoms with van der Waals surface area (Å²) in [4.78, 5) is 16.8. The van der Waals surface area contributed by atoms with Gasteiger partial charge in [0.15, 0.2) is 0 Å². The Kier molecular flexibility index (Phi) is 4.66. The van der Waals surface area contributed by atoms with E-state index in [-0.39, 0.29) is 11.9 Å². The molecule has 3 rings (SSSR count). The number of hydrogen-bond donors (Lipinski definition) is 2. The lowest BCUT2D eigenvalue weighted by Gasteiger charge is -2.15. The minimum Gasteiger partial charge on any atom is -0.497 e. The Balaban J connectivity index is 1.65. The highest BCUT2D eigenvalue weighted by atomic mass is 32.1. The lowest BCUT2D eigenvalue weighted by molar-refractivity contribution is -0.116. The lowest BCUT2D eigenvalue weighted by atomic mass is 10.2. The summed E-state index contributed by atoms with van der Waals surface area (Å²) in [7, 11) is 1.61. The van der Waals surface area contributed by atoms with E-state index in [9.17, 15) is 4.79 Å². The van der Waals surface area contributed by atoms with E-state index >= 15 is 0 Å². The number of carbonyl (C=O) groups is 1. The van der Waals surface area contributed by atoms with Crippen LogP contribution in [0.15, 0.2) is 42.5 Å². The molecule has 1 aromatic heterocycles. The van der Waals surface area contributed by atoms with Crippen LogP contribution in [0.25, 0.3) is 10.2 Å². The normalized spacial score (nSPS) is 12.0. The van der Waals surface area contributed by atoms with Crippen molar-refractivity contribution in [2.75, 3.05) is 17.7 Å². The third kappa shape index (κ3) is 3.65. The summed E-state index contributed by atoms with van der Waals surface area (Å²) < 4.78 is 6.22. The maximum absolute atomic E-state index is 12.3. The van der Waals surface area contributed by atoms with Gasteiger partial charge in [-0.1, -0.05) is 0 Å². The average molecular weight is 341 g/mol. The zero-order valence-electron chi connectivity index (χ0n) is 13.8. The maximum Gasteiger partial charge on any atom is 0.246 e. The molecule has 0 aliphatic carbocycles. The smallest absolute Gasteiger partial charge is 0.246 e. The summed E-state index contributed by atoms with van der Waals surface area (Å²) in [6, 6.07) is 12.8. The van der Waals surface area contributed by atoms with E-state index in [1.165, 1.54) is 0 Å². The number of benzene rings is 2. The minimum atomic E-state index is -0.362. The van der Waals surface area contributed by atoms with Gasteiger partial charge in [0.25, 0.3) is 0 Å². The van der Waals surface area contributed by atoms with Crippen LogP contribution in [0.5, 0.6) is 5.75 Å². The number of thiazole rings is 1. The number of ether oxygens (including phenoxy) is 1. The van der Waals surface area contributed by atoms with E-state index in [2.05, 4.69) is 15.6 Å². The van der Waals surface area contributed by atoms with Gasteiger partial charge >= 0.3 is 0 Å². The Morgan fingerprint density at radius 1 is 1.17 bits per heavy atom. The van der Waals surface area contributed by atoms with Crippen molar-refractivity contribution in [2.24, 2.45) is 0 Å². The summed E-state index contributed by atoms with van der Waals surface area (Å²) in [5, 5.41) is 7.15. The molecule has 0 unspecified atom stereocenters. The topological polar surface area (TPSA) is 63.2 Å². The lowest BCUT2D eigenvalue weighted by Crippen LogP contribution is -2.31. The number of aromatic nitrogens is 1. The Labute approximate surface area is 144 Å². The first-order valence-electron chi connectivity index (χ1n) is 7.64. The molecule has 1 atom stereocenters. The summed E-state index contributed by atoms with van der Waals surface area (Å²) in [6.07, 6.45) is 0. The SMILES string of the molecule is COc1ccc(NC(=O)[C@@H](C)Nc2ccc3nc(C)sc3c2)cc1. The first-order valence-corrected chi connectivity index (χ1v) is 8.45. The molecule has 5 nitrogen and oxygen atoms in total. The molecule has 0 radical (unpaired) electrons. The number of hydrogen-bond acceptors (Lipinski definition) is 5. The van der Waals surface area contributed by atoms with Crippen LogP contribution in [0, 0.1) is 6.92 Å². The van der Waals surface area contributed by atoms with Crippen LogP contribution in [-0.4, -0.2) is 24.0 Å². The third-order valence-electron chi connectivity index (χ3n) is 3.63. The number of rotatable bonds is 5. The molecule has 0 bridgehead atoms. The molecule has 0 fully saturated rings.